The molecule has 2 rings (SSSR count). The monoisotopic (exact) mass is 224 g/mol. The molecule has 0 aromatic carbocycles. The van der Waals surface area contributed by atoms with E-state index in [2.05, 4.69) is 20.4 Å². The summed E-state index contributed by atoms with van der Waals surface area (Å²) in [5.74, 6) is -0.120. The fourth-order valence-corrected chi connectivity index (χ4v) is 1.67. The van der Waals surface area contributed by atoms with Crippen molar-refractivity contribution in [1.29, 1.82) is 0 Å². The summed E-state index contributed by atoms with van der Waals surface area (Å²) in [6.45, 7) is 3.06. The molecule has 1 aromatic rings. The van der Waals surface area contributed by atoms with Crippen molar-refractivity contribution in [1.82, 2.24) is 20.4 Å². The summed E-state index contributed by atoms with van der Waals surface area (Å²) < 4.78 is 5.54. The van der Waals surface area contributed by atoms with Crippen molar-refractivity contribution < 1.29 is 9.53 Å². The largest absolute Gasteiger partial charge is 0.374 e. The molecule has 6 heteroatoms. The van der Waals surface area contributed by atoms with Gasteiger partial charge in [0, 0.05) is 25.8 Å². The van der Waals surface area contributed by atoms with Gasteiger partial charge in [0.2, 0.25) is 0 Å². The summed E-state index contributed by atoms with van der Waals surface area (Å²) >= 11 is 0. The molecule has 0 unspecified atom stereocenters. The minimum Gasteiger partial charge on any atom is -0.374 e. The van der Waals surface area contributed by atoms with E-state index in [0.717, 1.165) is 19.7 Å². The zero-order valence-electron chi connectivity index (χ0n) is 9.27. The van der Waals surface area contributed by atoms with Gasteiger partial charge in [-0.3, -0.25) is 9.89 Å². The second kappa shape index (κ2) is 5.09. The molecule has 1 aliphatic heterocycles. The van der Waals surface area contributed by atoms with Gasteiger partial charge in [-0.1, -0.05) is 0 Å². The second-order valence-corrected chi connectivity index (χ2v) is 3.95. The number of rotatable bonds is 3. The molecule has 1 amide bonds. The van der Waals surface area contributed by atoms with Crippen molar-refractivity contribution in [2.75, 3.05) is 33.3 Å². The number of nitrogens with zero attached hydrogens (tertiary/aromatic N) is 2. The van der Waals surface area contributed by atoms with Crippen LogP contribution in [0.15, 0.2) is 12.4 Å². The Bertz CT molecular complexity index is 339. The highest BCUT2D eigenvalue weighted by atomic mass is 16.5. The van der Waals surface area contributed by atoms with Crippen LogP contribution in [0.25, 0.3) is 0 Å². The summed E-state index contributed by atoms with van der Waals surface area (Å²) in [6.07, 6.45) is 3.15. The summed E-state index contributed by atoms with van der Waals surface area (Å²) in [6, 6.07) is 0. The quantitative estimate of drug-likeness (QED) is 0.724. The summed E-state index contributed by atoms with van der Waals surface area (Å²) in [5.41, 5.74) is 0.546. The number of likely N-dealkylation sites (N-methyl/N-ethyl adjacent to an activating group) is 1. The zero-order valence-corrected chi connectivity index (χ0v) is 9.27. The van der Waals surface area contributed by atoms with E-state index in [0.29, 0.717) is 12.1 Å². The maximum absolute atomic E-state index is 11.6. The van der Waals surface area contributed by atoms with E-state index >= 15 is 0 Å². The first kappa shape index (κ1) is 11.1. The van der Waals surface area contributed by atoms with Crippen LogP contribution in [0, 0.1) is 0 Å². The van der Waals surface area contributed by atoms with Crippen LogP contribution in [0.3, 0.4) is 0 Å². The van der Waals surface area contributed by atoms with Gasteiger partial charge in [-0.15, -0.1) is 0 Å². The molecule has 1 aliphatic rings. The van der Waals surface area contributed by atoms with E-state index in [-0.39, 0.29) is 12.0 Å². The van der Waals surface area contributed by atoms with Gasteiger partial charge in [-0.05, 0) is 7.05 Å². The Morgan fingerprint density at radius 1 is 1.81 bits per heavy atom. The van der Waals surface area contributed by atoms with Crippen molar-refractivity contribution >= 4 is 5.91 Å². The Hall–Kier alpha value is -1.40. The topological polar surface area (TPSA) is 70.2 Å². The van der Waals surface area contributed by atoms with Gasteiger partial charge >= 0.3 is 0 Å². The number of aromatic amines is 1. The average Bonchev–Trinajstić information content (AvgIpc) is 2.79. The first-order valence-corrected chi connectivity index (χ1v) is 5.33. The zero-order chi connectivity index (χ0) is 11.4. The molecule has 2 N–H and O–H groups in total. The van der Waals surface area contributed by atoms with Crippen LogP contribution in [0.5, 0.6) is 0 Å². The van der Waals surface area contributed by atoms with Gasteiger partial charge in [0.15, 0.2) is 0 Å². The van der Waals surface area contributed by atoms with Gasteiger partial charge in [-0.25, -0.2) is 0 Å². The van der Waals surface area contributed by atoms with Gasteiger partial charge in [0.1, 0.15) is 0 Å². The standard InChI is InChI=1S/C10H16N4O2/c1-14-2-3-16-9(7-14)6-11-10(15)8-4-12-13-5-8/h4-5,9H,2-3,6-7H2,1H3,(H,11,15)(H,12,13)/t9-/m0/s1. The van der Waals surface area contributed by atoms with E-state index < -0.39 is 0 Å². The smallest absolute Gasteiger partial charge is 0.254 e. The lowest BCUT2D eigenvalue weighted by molar-refractivity contribution is -0.0175. The molecule has 0 radical (unpaired) electrons. The van der Waals surface area contributed by atoms with Gasteiger partial charge in [0.25, 0.3) is 5.91 Å². The molecular weight excluding hydrogens is 208 g/mol. The van der Waals surface area contributed by atoms with Crippen LogP contribution in [-0.2, 0) is 4.74 Å². The molecule has 1 atom stereocenters. The number of morpholine rings is 1. The number of ether oxygens (including phenoxy) is 1. The van der Waals surface area contributed by atoms with Crippen LogP contribution in [0.4, 0.5) is 0 Å². The average molecular weight is 224 g/mol. The van der Waals surface area contributed by atoms with Crippen LogP contribution in [0.2, 0.25) is 0 Å². The molecule has 1 saturated heterocycles. The predicted molar refractivity (Wildman–Crippen MR) is 58.2 cm³/mol. The lowest BCUT2D eigenvalue weighted by atomic mass is 10.2. The van der Waals surface area contributed by atoms with Crippen molar-refractivity contribution in [3.63, 3.8) is 0 Å². The van der Waals surface area contributed by atoms with Crippen molar-refractivity contribution in [2.45, 2.75) is 6.10 Å². The van der Waals surface area contributed by atoms with Crippen molar-refractivity contribution in [3.8, 4) is 0 Å². The summed E-state index contributed by atoms with van der Waals surface area (Å²) in [5, 5.41) is 9.15. The van der Waals surface area contributed by atoms with Gasteiger partial charge in [0.05, 0.1) is 24.5 Å². The van der Waals surface area contributed by atoms with E-state index in [4.69, 9.17) is 4.74 Å². The summed E-state index contributed by atoms with van der Waals surface area (Å²) in [7, 11) is 2.05. The van der Waals surface area contributed by atoms with E-state index in [1.807, 2.05) is 7.05 Å². The molecule has 0 spiro atoms. The third-order valence-electron chi connectivity index (χ3n) is 2.59. The highest BCUT2D eigenvalue weighted by Crippen LogP contribution is 2.02. The third kappa shape index (κ3) is 2.80. The molecule has 0 bridgehead atoms. The Labute approximate surface area is 94.0 Å². The molecule has 2 heterocycles. The number of hydrogen-bond donors (Lipinski definition) is 2. The Balaban J connectivity index is 1.77. The first-order valence-electron chi connectivity index (χ1n) is 5.33. The number of aromatic nitrogens is 2. The van der Waals surface area contributed by atoms with Gasteiger partial charge in [-0.2, -0.15) is 5.10 Å². The number of carbonyl (C=O) groups is 1. The molecule has 6 nitrogen and oxygen atoms in total. The molecule has 1 fully saturated rings. The van der Waals surface area contributed by atoms with Crippen molar-refractivity contribution in [3.05, 3.63) is 18.0 Å². The highest BCUT2D eigenvalue weighted by molar-refractivity contribution is 5.93. The fourth-order valence-electron chi connectivity index (χ4n) is 1.67. The lowest BCUT2D eigenvalue weighted by Gasteiger charge is -2.30. The van der Waals surface area contributed by atoms with Crippen LogP contribution in [-0.4, -0.2) is 60.4 Å². The minimum atomic E-state index is -0.120. The molecular formula is C10H16N4O2. The Morgan fingerprint density at radius 3 is 3.38 bits per heavy atom. The maximum Gasteiger partial charge on any atom is 0.254 e. The normalized spacial score (nSPS) is 21.9. The number of amides is 1. The molecule has 0 aliphatic carbocycles. The predicted octanol–water partition coefficient (Wildman–Crippen LogP) is -0.530. The molecule has 0 saturated carbocycles. The van der Waals surface area contributed by atoms with Crippen LogP contribution < -0.4 is 5.32 Å². The highest BCUT2D eigenvalue weighted by Gasteiger charge is 2.18. The number of H-pyrrole nitrogens is 1. The number of carbonyl (C=O) groups excluding carboxylic acids is 1. The molecule has 1 aromatic heterocycles. The maximum atomic E-state index is 11.6. The van der Waals surface area contributed by atoms with Gasteiger partial charge < -0.3 is 15.0 Å². The van der Waals surface area contributed by atoms with E-state index in [1.54, 1.807) is 6.20 Å². The minimum absolute atomic E-state index is 0.0783. The Morgan fingerprint density at radius 2 is 2.69 bits per heavy atom. The SMILES string of the molecule is CN1CCO[C@@H](CNC(=O)c2cn[nH]c2)C1. The van der Waals surface area contributed by atoms with E-state index in [9.17, 15) is 4.79 Å². The summed E-state index contributed by atoms with van der Waals surface area (Å²) in [4.78, 5) is 13.8. The first-order chi connectivity index (χ1) is 7.75. The lowest BCUT2D eigenvalue weighted by Crippen LogP contribution is -2.45. The molecule has 88 valence electrons. The van der Waals surface area contributed by atoms with Crippen LogP contribution in [0.1, 0.15) is 10.4 Å². The molecule has 16 heavy (non-hydrogen) atoms. The third-order valence-corrected chi connectivity index (χ3v) is 2.59. The van der Waals surface area contributed by atoms with Crippen molar-refractivity contribution in [2.24, 2.45) is 0 Å². The van der Waals surface area contributed by atoms with E-state index in [1.165, 1.54) is 6.20 Å². The van der Waals surface area contributed by atoms with Crippen LogP contribution >= 0.6 is 0 Å². The number of nitrogens with one attached hydrogen (secondary N) is 2. The Kier molecular flexibility index (Phi) is 3.53. The number of hydrogen-bond acceptors (Lipinski definition) is 4. The fraction of sp³-hybridized carbons (Fsp3) is 0.600. The second-order valence-electron chi connectivity index (χ2n) is 3.95.